The summed E-state index contributed by atoms with van der Waals surface area (Å²) in [6.45, 7) is 4.51. The predicted molar refractivity (Wildman–Crippen MR) is 40.4 cm³/mol. The fourth-order valence-electron chi connectivity index (χ4n) is 1.14. The van der Waals surface area contributed by atoms with Gasteiger partial charge in [0.2, 0.25) is 0 Å². The van der Waals surface area contributed by atoms with Crippen LogP contribution in [0.4, 0.5) is 0 Å². The number of likely N-dealkylation sites (tertiary alicyclic amines) is 1. The number of hydrogen-bond acceptors (Lipinski definition) is 1. The van der Waals surface area contributed by atoms with E-state index in [1.165, 1.54) is 25.8 Å². The Labute approximate surface area is 62.0 Å². The minimum atomic E-state index is 0.760. The van der Waals surface area contributed by atoms with Crippen molar-refractivity contribution >= 4 is 11.6 Å². The molecule has 1 aliphatic rings. The summed E-state index contributed by atoms with van der Waals surface area (Å²) < 4.78 is 0. The second-order valence-corrected chi connectivity index (χ2v) is 2.78. The number of hydrogen-bond donors (Lipinski definition) is 0. The summed E-state index contributed by atoms with van der Waals surface area (Å²) >= 11 is 5.57. The number of piperidine rings is 1. The lowest BCUT2D eigenvalue weighted by Crippen LogP contribution is -2.27. The van der Waals surface area contributed by atoms with Crippen LogP contribution in [-0.2, 0) is 0 Å². The summed E-state index contributed by atoms with van der Waals surface area (Å²) in [7, 11) is 0. The largest absolute Gasteiger partial charge is 0.298 e. The SMILES string of the molecule is ClCCN1[CH]CCCC1. The van der Waals surface area contributed by atoms with Crippen molar-refractivity contribution in [3.05, 3.63) is 6.54 Å². The Morgan fingerprint density at radius 1 is 1.44 bits per heavy atom. The van der Waals surface area contributed by atoms with E-state index in [1.807, 2.05) is 0 Å². The van der Waals surface area contributed by atoms with E-state index in [0.29, 0.717) is 0 Å². The van der Waals surface area contributed by atoms with Gasteiger partial charge in [-0.2, -0.15) is 0 Å². The van der Waals surface area contributed by atoms with Crippen LogP contribution in [-0.4, -0.2) is 23.9 Å². The molecule has 0 N–H and O–H groups in total. The Morgan fingerprint density at radius 3 is 2.89 bits per heavy atom. The lowest BCUT2D eigenvalue weighted by molar-refractivity contribution is 0.296. The highest BCUT2D eigenvalue weighted by Gasteiger charge is 2.08. The molecular weight excluding hydrogens is 134 g/mol. The fourth-order valence-corrected chi connectivity index (χ4v) is 1.35. The van der Waals surface area contributed by atoms with E-state index in [1.54, 1.807) is 0 Å². The van der Waals surface area contributed by atoms with Crippen LogP contribution in [0.5, 0.6) is 0 Å². The Hall–Kier alpha value is 0.250. The normalized spacial score (nSPS) is 22.3. The van der Waals surface area contributed by atoms with Crippen molar-refractivity contribution in [2.45, 2.75) is 19.3 Å². The zero-order valence-corrected chi connectivity index (χ0v) is 6.40. The topological polar surface area (TPSA) is 3.24 Å². The third kappa shape index (κ3) is 2.55. The van der Waals surface area contributed by atoms with Crippen molar-refractivity contribution < 1.29 is 0 Å². The highest BCUT2D eigenvalue weighted by molar-refractivity contribution is 6.18. The summed E-state index contributed by atoms with van der Waals surface area (Å²) in [6.07, 6.45) is 3.95. The molecule has 1 fully saturated rings. The predicted octanol–water partition coefficient (Wildman–Crippen LogP) is 1.87. The minimum absolute atomic E-state index is 0.760. The van der Waals surface area contributed by atoms with Gasteiger partial charge in [-0.15, -0.1) is 11.6 Å². The van der Waals surface area contributed by atoms with Crippen LogP contribution in [0.25, 0.3) is 0 Å². The molecule has 9 heavy (non-hydrogen) atoms. The lowest BCUT2D eigenvalue weighted by Gasteiger charge is -2.24. The van der Waals surface area contributed by atoms with Gasteiger partial charge in [0, 0.05) is 19.0 Å². The van der Waals surface area contributed by atoms with Crippen molar-refractivity contribution in [1.82, 2.24) is 4.90 Å². The van der Waals surface area contributed by atoms with E-state index in [0.717, 1.165) is 12.4 Å². The average Bonchev–Trinajstić information content (AvgIpc) is 1.91. The Balaban J connectivity index is 2.08. The number of alkyl halides is 1. The monoisotopic (exact) mass is 146 g/mol. The third-order valence-corrected chi connectivity index (χ3v) is 1.83. The average molecular weight is 147 g/mol. The smallest absolute Gasteiger partial charge is 0.0351 e. The maximum Gasteiger partial charge on any atom is 0.0351 e. The second kappa shape index (κ2) is 4.13. The van der Waals surface area contributed by atoms with Gasteiger partial charge >= 0.3 is 0 Å². The van der Waals surface area contributed by atoms with E-state index in [2.05, 4.69) is 11.4 Å². The van der Waals surface area contributed by atoms with E-state index in [9.17, 15) is 0 Å². The molecule has 1 rings (SSSR count). The van der Waals surface area contributed by atoms with Gasteiger partial charge in [-0.1, -0.05) is 6.42 Å². The van der Waals surface area contributed by atoms with Gasteiger partial charge in [-0.3, -0.25) is 4.90 Å². The second-order valence-electron chi connectivity index (χ2n) is 2.40. The third-order valence-electron chi connectivity index (χ3n) is 1.66. The highest BCUT2D eigenvalue weighted by Crippen LogP contribution is 2.11. The summed E-state index contributed by atoms with van der Waals surface area (Å²) in [4.78, 5) is 2.32. The van der Waals surface area contributed by atoms with E-state index in [4.69, 9.17) is 11.6 Å². The molecular formula is C7H13ClN. The van der Waals surface area contributed by atoms with Crippen molar-refractivity contribution in [2.24, 2.45) is 0 Å². The molecule has 0 aliphatic carbocycles. The van der Waals surface area contributed by atoms with E-state index >= 15 is 0 Å². The molecule has 0 amide bonds. The van der Waals surface area contributed by atoms with Gasteiger partial charge < -0.3 is 0 Å². The first-order valence-electron chi connectivity index (χ1n) is 3.57. The van der Waals surface area contributed by atoms with Gasteiger partial charge in [0.15, 0.2) is 0 Å². The molecule has 0 aromatic heterocycles. The van der Waals surface area contributed by atoms with Gasteiger partial charge in [0.05, 0.1) is 0 Å². The molecule has 1 nitrogen and oxygen atoms in total. The zero-order valence-electron chi connectivity index (χ0n) is 5.65. The first-order chi connectivity index (χ1) is 4.43. The fraction of sp³-hybridized carbons (Fsp3) is 0.857. The molecule has 0 spiro atoms. The van der Waals surface area contributed by atoms with Crippen molar-refractivity contribution in [2.75, 3.05) is 19.0 Å². The van der Waals surface area contributed by atoms with Gasteiger partial charge in [0.1, 0.15) is 0 Å². The quantitative estimate of drug-likeness (QED) is 0.538. The standard InChI is InChI=1S/C7H13ClN/c8-4-7-9-5-2-1-3-6-9/h5H,1-4,6-7H2. The summed E-state index contributed by atoms with van der Waals surface area (Å²) in [5, 5.41) is 0. The van der Waals surface area contributed by atoms with Crippen molar-refractivity contribution in [3.8, 4) is 0 Å². The maximum absolute atomic E-state index is 5.57. The first kappa shape index (κ1) is 7.36. The van der Waals surface area contributed by atoms with E-state index in [-0.39, 0.29) is 0 Å². The van der Waals surface area contributed by atoms with Crippen LogP contribution >= 0.6 is 11.6 Å². The van der Waals surface area contributed by atoms with Crippen LogP contribution in [0.3, 0.4) is 0 Å². The number of nitrogens with zero attached hydrogens (tertiary/aromatic N) is 1. The summed E-state index contributed by atoms with van der Waals surface area (Å²) in [5.41, 5.74) is 0. The molecule has 1 heterocycles. The first-order valence-corrected chi connectivity index (χ1v) is 4.10. The van der Waals surface area contributed by atoms with Crippen LogP contribution in [0.2, 0.25) is 0 Å². The Bertz CT molecular complexity index is 66.6. The summed E-state index contributed by atoms with van der Waals surface area (Å²) in [5.74, 6) is 0.760. The molecule has 2 heteroatoms. The van der Waals surface area contributed by atoms with Gasteiger partial charge in [-0.25, -0.2) is 0 Å². The van der Waals surface area contributed by atoms with Gasteiger partial charge in [0.25, 0.3) is 0 Å². The number of rotatable bonds is 2. The molecule has 0 aromatic rings. The van der Waals surface area contributed by atoms with Crippen LogP contribution in [0.1, 0.15) is 19.3 Å². The molecule has 1 aliphatic heterocycles. The summed E-state index contributed by atoms with van der Waals surface area (Å²) in [6, 6.07) is 0. The van der Waals surface area contributed by atoms with Gasteiger partial charge in [-0.05, 0) is 19.4 Å². The number of halogens is 1. The van der Waals surface area contributed by atoms with E-state index < -0.39 is 0 Å². The highest BCUT2D eigenvalue weighted by atomic mass is 35.5. The van der Waals surface area contributed by atoms with Crippen LogP contribution in [0.15, 0.2) is 0 Å². The van der Waals surface area contributed by atoms with Crippen LogP contribution in [0, 0.1) is 6.54 Å². The Kier molecular flexibility index (Phi) is 3.37. The molecule has 0 atom stereocenters. The molecule has 0 bridgehead atoms. The minimum Gasteiger partial charge on any atom is -0.298 e. The zero-order chi connectivity index (χ0) is 6.53. The molecule has 0 unspecified atom stereocenters. The van der Waals surface area contributed by atoms with Crippen molar-refractivity contribution in [3.63, 3.8) is 0 Å². The molecule has 53 valence electrons. The Morgan fingerprint density at radius 2 is 2.33 bits per heavy atom. The molecule has 1 saturated heterocycles. The molecule has 0 saturated carbocycles. The molecule has 1 radical (unpaired) electrons. The van der Waals surface area contributed by atoms with Crippen molar-refractivity contribution in [1.29, 1.82) is 0 Å². The maximum atomic E-state index is 5.57. The molecule has 0 aromatic carbocycles. The van der Waals surface area contributed by atoms with Crippen LogP contribution < -0.4 is 0 Å². The lowest BCUT2D eigenvalue weighted by atomic mass is 10.1.